The lowest BCUT2D eigenvalue weighted by Gasteiger charge is -2.16. The Labute approximate surface area is 125 Å². The number of benzene rings is 1. The number of hydrogen-bond donors (Lipinski definition) is 2. The van der Waals surface area contributed by atoms with Crippen molar-refractivity contribution in [1.29, 1.82) is 0 Å². The molecule has 0 saturated carbocycles. The SMILES string of the molecule is COCCC(C)NS(=O)(=O)c1cc(C(=O)O)c(C)cc1C. The molecule has 7 heteroatoms. The molecule has 0 heterocycles. The van der Waals surface area contributed by atoms with Crippen molar-refractivity contribution in [2.24, 2.45) is 0 Å². The van der Waals surface area contributed by atoms with E-state index in [1.807, 2.05) is 0 Å². The topological polar surface area (TPSA) is 92.7 Å². The van der Waals surface area contributed by atoms with Gasteiger partial charge in [0.1, 0.15) is 0 Å². The molecule has 0 aromatic heterocycles. The Morgan fingerprint density at radius 2 is 1.95 bits per heavy atom. The van der Waals surface area contributed by atoms with Crippen LogP contribution in [0.3, 0.4) is 0 Å². The second kappa shape index (κ2) is 7.02. The third kappa shape index (κ3) is 4.52. The molecule has 0 fully saturated rings. The highest BCUT2D eigenvalue weighted by Crippen LogP contribution is 2.21. The van der Waals surface area contributed by atoms with Gasteiger partial charge < -0.3 is 9.84 Å². The maximum Gasteiger partial charge on any atom is 0.335 e. The van der Waals surface area contributed by atoms with Gasteiger partial charge in [0.25, 0.3) is 0 Å². The zero-order valence-electron chi connectivity index (χ0n) is 12.6. The largest absolute Gasteiger partial charge is 0.478 e. The summed E-state index contributed by atoms with van der Waals surface area (Å²) < 4.78 is 32.2. The molecule has 0 amide bonds. The van der Waals surface area contributed by atoms with E-state index in [1.54, 1.807) is 33.9 Å². The van der Waals surface area contributed by atoms with Crippen molar-refractivity contribution >= 4 is 16.0 Å². The molecular formula is C14H21NO5S. The monoisotopic (exact) mass is 315 g/mol. The predicted octanol–water partition coefficient (Wildman–Crippen LogP) is 1.70. The first-order valence-corrected chi connectivity index (χ1v) is 8.03. The molecule has 2 N–H and O–H groups in total. The van der Waals surface area contributed by atoms with Gasteiger partial charge >= 0.3 is 5.97 Å². The quantitative estimate of drug-likeness (QED) is 0.799. The number of aryl methyl sites for hydroxylation is 2. The minimum atomic E-state index is -3.76. The molecule has 1 atom stereocenters. The Kier molecular flexibility index (Phi) is 5.88. The fourth-order valence-electron chi connectivity index (χ4n) is 2.03. The molecule has 1 rings (SSSR count). The zero-order chi connectivity index (χ0) is 16.2. The molecule has 0 aliphatic carbocycles. The molecule has 0 aliphatic heterocycles. The zero-order valence-corrected chi connectivity index (χ0v) is 13.5. The number of carboxylic acid groups (broad SMARTS) is 1. The number of sulfonamides is 1. The number of nitrogens with one attached hydrogen (secondary N) is 1. The van der Waals surface area contributed by atoms with Crippen molar-refractivity contribution in [3.63, 3.8) is 0 Å². The third-order valence-corrected chi connectivity index (χ3v) is 4.88. The first kappa shape index (κ1) is 17.6. The summed E-state index contributed by atoms with van der Waals surface area (Å²) in [5, 5.41) is 9.11. The number of carboxylic acids is 1. The molecule has 0 saturated heterocycles. The summed E-state index contributed by atoms with van der Waals surface area (Å²) in [6.45, 7) is 5.46. The average molecular weight is 315 g/mol. The Hall–Kier alpha value is -1.44. The molecule has 6 nitrogen and oxygen atoms in total. The summed E-state index contributed by atoms with van der Waals surface area (Å²) in [5.41, 5.74) is 1.04. The van der Waals surface area contributed by atoms with Crippen LogP contribution in [0, 0.1) is 13.8 Å². The van der Waals surface area contributed by atoms with Crippen molar-refractivity contribution in [1.82, 2.24) is 4.72 Å². The third-order valence-electron chi connectivity index (χ3n) is 3.15. The van der Waals surface area contributed by atoms with Gasteiger partial charge in [0.05, 0.1) is 10.5 Å². The van der Waals surface area contributed by atoms with Crippen LogP contribution >= 0.6 is 0 Å². The predicted molar refractivity (Wildman–Crippen MR) is 79.2 cm³/mol. The minimum absolute atomic E-state index is 0.00485. The van der Waals surface area contributed by atoms with E-state index in [1.165, 1.54) is 6.07 Å². The summed E-state index contributed by atoms with van der Waals surface area (Å²) in [7, 11) is -2.22. The second-order valence-electron chi connectivity index (χ2n) is 5.04. The van der Waals surface area contributed by atoms with Crippen LogP contribution in [0.2, 0.25) is 0 Å². The van der Waals surface area contributed by atoms with Crippen molar-refractivity contribution in [3.05, 3.63) is 28.8 Å². The fraction of sp³-hybridized carbons (Fsp3) is 0.500. The summed E-state index contributed by atoms with van der Waals surface area (Å²) >= 11 is 0. The van der Waals surface area contributed by atoms with E-state index in [4.69, 9.17) is 9.84 Å². The lowest BCUT2D eigenvalue weighted by Crippen LogP contribution is -2.34. The van der Waals surface area contributed by atoms with Crippen LogP contribution in [-0.2, 0) is 14.8 Å². The normalized spacial score (nSPS) is 13.1. The van der Waals surface area contributed by atoms with E-state index < -0.39 is 16.0 Å². The molecule has 1 unspecified atom stereocenters. The number of carbonyl (C=O) groups is 1. The summed E-state index contributed by atoms with van der Waals surface area (Å²) in [4.78, 5) is 11.1. The van der Waals surface area contributed by atoms with Crippen molar-refractivity contribution in [3.8, 4) is 0 Å². The minimum Gasteiger partial charge on any atom is -0.478 e. The molecule has 0 radical (unpaired) electrons. The van der Waals surface area contributed by atoms with Gasteiger partial charge in [-0.3, -0.25) is 0 Å². The molecular weight excluding hydrogens is 294 g/mol. The van der Waals surface area contributed by atoms with Crippen molar-refractivity contribution in [2.45, 2.75) is 38.1 Å². The maximum absolute atomic E-state index is 12.4. The first-order chi connectivity index (χ1) is 9.69. The van der Waals surface area contributed by atoms with Crippen LogP contribution in [0.15, 0.2) is 17.0 Å². The van der Waals surface area contributed by atoms with E-state index in [0.29, 0.717) is 24.2 Å². The van der Waals surface area contributed by atoms with Gasteiger partial charge in [-0.15, -0.1) is 0 Å². The number of aromatic carboxylic acids is 1. The Balaban J connectivity index is 3.13. The molecule has 118 valence electrons. The molecule has 0 bridgehead atoms. The van der Waals surface area contributed by atoms with Crippen LogP contribution in [0.4, 0.5) is 0 Å². The van der Waals surface area contributed by atoms with Gasteiger partial charge in [-0.1, -0.05) is 6.07 Å². The highest BCUT2D eigenvalue weighted by Gasteiger charge is 2.22. The Bertz CT molecular complexity index is 624. The maximum atomic E-state index is 12.4. The number of ether oxygens (including phenoxy) is 1. The van der Waals surface area contributed by atoms with Crippen LogP contribution in [-0.4, -0.2) is 39.3 Å². The first-order valence-electron chi connectivity index (χ1n) is 6.55. The van der Waals surface area contributed by atoms with Gasteiger partial charge in [0, 0.05) is 19.8 Å². The van der Waals surface area contributed by atoms with Crippen LogP contribution in [0.1, 0.15) is 34.8 Å². The molecule has 1 aromatic rings. The molecule has 1 aromatic carbocycles. The Morgan fingerprint density at radius 1 is 1.33 bits per heavy atom. The van der Waals surface area contributed by atoms with Crippen LogP contribution in [0.5, 0.6) is 0 Å². The van der Waals surface area contributed by atoms with Crippen molar-refractivity contribution < 1.29 is 23.1 Å². The van der Waals surface area contributed by atoms with Gasteiger partial charge in [0.2, 0.25) is 10.0 Å². The average Bonchev–Trinajstić information content (AvgIpc) is 2.34. The Morgan fingerprint density at radius 3 is 2.48 bits per heavy atom. The smallest absolute Gasteiger partial charge is 0.335 e. The van der Waals surface area contributed by atoms with Crippen LogP contribution < -0.4 is 4.72 Å². The molecule has 21 heavy (non-hydrogen) atoms. The van der Waals surface area contributed by atoms with Gasteiger partial charge in [-0.25, -0.2) is 17.9 Å². The van der Waals surface area contributed by atoms with Crippen molar-refractivity contribution in [2.75, 3.05) is 13.7 Å². The highest BCUT2D eigenvalue weighted by molar-refractivity contribution is 7.89. The highest BCUT2D eigenvalue weighted by atomic mass is 32.2. The lowest BCUT2D eigenvalue weighted by atomic mass is 10.1. The lowest BCUT2D eigenvalue weighted by molar-refractivity contribution is 0.0696. The van der Waals surface area contributed by atoms with Gasteiger partial charge in [0.15, 0.2) is 0 Å². The van der Waals surface area contributed by atoms with E-state index in [9.17, 15) is 13.2 Å². The summed E-state index contributed by atoms with van der Waals surface area (Å²) in [6.07, 6.45) is 0.534. The number of rotatable bonds is 7. The summed E-state index contributed by atoms with van der Waals surface area (Å²) in [6, 6.07) is 2.47. The molecule has 0 spiro atoms. The van der Waals surface area contributed by atoms with E-state index in [0.717, 1.165) is 0 Å². The standard InChI is InChI=1S/C14H21NO5S/c1-9-7-10(2)13(8-12(9)14(16)17)21(18,19)15-11(3)5-6-20-4/h7-8,11,15H,5-6H2,1-4H3,(H,16,17). The number of hydrogen-bond acceptors (Lipinski definition) is 4. The molecule has 0 aliphatic rings. The number of methoxy groups -OCH3 is 1. The van der Waals surface area contributed by atoms with Gasteiger partial charge in [-0.2, -0.15) is 0 Å². The second-order valence-corrected chi connectivity index (χ2v) is 6.72. The van der Waals surface area contributed by atoms with E-state index in [-0.39, 0.29) is 16.5 Å². The van der Waals surface area contributed by atoms with E-state index >= 15 is 0 Å². The summed E-state index contributed by atoms with van der Waals surface area (Å²) in [5.74, 6) is -1.14. The van der Waals surface area contributed by atoms with Crippen LogP contribution in [0.25, 0.3) is 0 Å². The van der Waals surface area contributed by atoms with E-state index in [2.05, 4.69) is 4.72 Å². The van der Waals surface area contributed by atoms with Gasteiger partial charge in [-0.05, 0) is 44.4 Å². The fourth-order valence-corrected chi connectivity index (χ4v) is 3.56.